The van der Waals surface area contributed by atoms with Crippen LogP contribution in [0.15, 0.2) is 46.1 Å². The van der Waals surface area contributed by atoms with E-state index < -0.39 is 61.9 Å². The Morgan fingerprint density at radius 2 is 1.97 bits per heavy atom. The van der Waals surface area contributed by atoms with E-state index in [2.05, 4.69) is 5.09 Å². The second kappa shape index (κ2) is 12.4. The van der Waals surface area contributed by atoms with Crippen LogP contribution in [-0.4, -0.2) is 51.6 Å². The minimum absolute atomic E-state index is 0.124. The summed E-state index contributed by atoms with van der Waals surface area (Å²) in [5.74, 6) is -1.59. The largest absolute Gasteiger partial charge is 0.461 e. The number of H-pyrrole nitrogens is 1. The second-order valence-electron chi connectivity index (χ2n) is 9.32. The zero-order valence-corrected chi connectivity index (χ0v) is 21.7. The third kappa shape index (κ3) is 7.17. The lowest BCUT2D eigenvalue weighted by atomic mass is 9.98. The number of ether oxygens (including phenoxy) is 2. The first-order valence-electron chi connectivity index (χ1n) is 12.5. The molecule has 38 heavy (non-hydrogen) atoms. The quantitative estimate of drug-likeness (QED) is 0.294. The van der Waals surface area contributed by atoms with Gasteiger partial charge in [0.25, 0.3) is 5.56 Å². The Hall–Kier alpha value is -2.83. The van der Waals surface area contributed by atoms with Crippen LogP contribution in [0.25, 0.3) is 0 Å². The van der Waals surface area contributed by atoms with Gasteiger partial charge in [-0.15, -0.1) is 0 Å². The molecule has 3 N–H and O–H groups in total. The van der Waals surface area contributed by atoms with Crippen molar-refractivity contribution in [2.45, 2.75) is 76.0 Å². The molecule has 2 aliphatic rings. The molecule has 1 aromatic carbocycles. The first-order valence-corrected chi connectivity index (χ1v) is 14.0. The van der Waals surface area contributed by atoms with E-state index in [-0.39, 0.29) is 18.3 Å². The van der Waals surface area contributed by atoms with Gasteiger partial charge in [0.2, 0.25) is 5.82 Å². The molecule has 0 spiro atoms. The van der Waals surface area contributed by atoms with Crippen molar-refractivity contribution in [3.63, 3.8) is 0 Å². The maximum atomic E-state index is 13.7. The van der Waals surface area contributed by atoms with Crippen molar-refractivity contribution in [1.82, 2.24) is 14.6 Å². The van der Waals surface area contributed by atoms with Crippen molar-refractivity contribution in [1.29, 1.82) is 0 Å². The monoisotopic (exact) mass is 555 g/mol. The number of benzene rings is 1. The van der Waals surface area contributed by atoms with Gasteiger partial charge in [0.1, 0.15) is 30.2 Å². The van der Waals surface area contributed by atoms with Crippen molar-refractivity contribution < 1.29 is 37.4 Å². The van der Waals surface area contributed by atoms with E-state index >= 15 is 0 Å². The van der Waals surface area contributed by atoms with Gasteiger partial charge in [0.15, 0.2) is 0 Å². The van der Waals surface area contributed by atoms with Crippen LogP contribution in [0.5, 0.6) is 5.75 Å². The molecule has 0 bridgehead atoms. The van der Waals surface area contributed by atoms with Crippen LogP contribution in [0.2, 0.25) is 0 Å². The third-order valence-electron chi connectivity index (χ3n) is 6.36. The summed E-state index contributed by atoms with van der Waals surface area (Å²) >= 11 is 0. The predicted molar refractivity (Wildman–Crippen MR) is 132 cm³/mol. The van der Waals surface area contributed by atoms with Gasteiger partial charge in [-0.1, -0.05) is 24.6 Å². The Morgan fingerprint density at radius 1 is 1.26 bits per heavy atom. The number of halogens is 1. The molecule has 0 radical (unpaired) electrons. The van der Waals surface area contributed by atoms with E-state index in [1.807, 2.05) is 4.98 Å². The van der Waals surface area contributed by atoms with Gasteiger partial charge in [0, 0.05) is 6.42 Å². The van der Waals surface area contributed by atoms with E-state index in [1.165, 1.54) is 6.92 Å². The molecule has 2 fully saturated rings. The van der Waals surface area contributed by atoms with Crippen LogP contribution < -0.4 is 20.9 Å². The number of rotatable bonds is 10. The smallest absolute Gasteiger partial charge is 0.459 e. The lowest BCUT2D eigenvalue weighted by Crippen LogP contribution is -2.38. The average Bonchev–Trinajstić information content (AvgIpc) is 3.26. The fraction of sp³-hybridized carbons (Fsp3) is 0.542. The Balaban J connectivity index is 1.43. The molecule has 12 nitrogen and oxygen atoms in total. The van der Waals surface area contributed by atoms with Crippen molar-refractivity contribution in [3.8, 4) is 5.75 Å². The number of aliphatic hydroxyl groups is 1. The molecular formula is C24H31FN3O9P. The maximum Gasteiger partial charge on any atom is 0.459 e. The zero-order chi connectivity index (χ0) is 27.3. The molecule has 1 aromatic heterocycles. The summed E-state index contributed by atoms with van der Waals surface area (Å²) in [5.41, 5.74) is -2.09. The number of carbonyl (C=O) groups excluding carboxylic acids is 1. The number of nitrogens with zero attached hydrogens (tertiary/aromatic N) is 1. The van der Waals surface area contributed by atoms with Crippen molar-refractivity contribution >= 4 is 13.7 Å². The molecule has 14 heteroatoms. The Bertz CT molecular complexity index is 1260. The van der Waals surface area contributed by atoms with E-state index in [1.54, 1.807) is 30.3 Å². The van der Waals surface area contributed by atoms with Crippen LogP contribution in [0.3, 0.4) is 0 Å². The first kappa shape index (κ1) is 28.2. The van der Waals surface area contributed by atoms with E-state index in [0.717, 1.165) is 36.7 Å². The van der Waals surface area contributed by atoms with E-state index in [9.17, 15) is 28.4 Å². The molecule has 1 aliphatic carbocycles. The van der Waals surface area contributed by atoms with E-state index in [0.29, 0.717) is 6.20 Å². The Morgan fingerprint density at radius 3 is 2.68 bits per heavy atom. The highest BCUT2D eigenvalue weighted by Crippen LogP contribution is 2.46. The molecule has 1 unspecified atom stereocenters. The molecule has 2 heterocycles. The number of hydrogen-bond acceptors (Lipinski definition) is 9. The molecular weight excluding hydrogens is 524 g/mol. The molecule has 4 rings (SSSR count). The summed E-state index contributed by atoms with van der Waals surface area (Å²) in [6.45, 7) is 1.02. The highest BCUT2D eigenvalue weighted by atomic mass is 31.2. The van der Waals surface area contributed by atoms with Crippen LogP contribution in [-0.2, 0) is 23.4 Å². The fourth-order valence-electron chi connectivity index (χ4n) is 4.33. The third-order valence-corrected chi connectivity index (χ3v) is 8.00. The van der Waals surface area contributed by atoms with Crippen molar-refractivity contribution in [2.75, 3.05) is 6.61 Å². The topological polar surface area (TPSA) is 158 Å². The minimum Gasteiger partial charge on any atom is -0.461 e. The molecule has 1 aliphatic heterocycles. The van der Waals surface area contributed by atoms with Gasteiger partial charge < -0.3 is 19.1 Å². The summed E-state index contributed by atoms with van der Waals surface area (Å²) in [4.78, 5) is 37.9. The maximum absolute atomic E-state index is 13.7. The van der Waals surface area contributed by atoms with Crippen LogP contribution in [0.4, 0.5) is 4.39 Å². The van der Waals surface area contributed by atoms with Gasteiger partial charge >= 0.3 is 19.4 Å². The lowest BCUT2D eigenvalue weighted by molar-refractivity contribution is -0.152. The number of para-hydroxylation sites is 1. The molecule has 1 saturated heterocycles. The molecule has 208 valence electrons. The standard InChI is InChI=1S/C24H31FN3O9P/c1-15(23(31)35-16-8-4-2-5-9-16)27-38(33,37-17-10-6-3-7-11-17)34-14-20-19(29)12-21(36-20)28-13-18(25)22(30)26-24(28)32/h3,6-7,10-11,13,15-16,19-21,29H,2,4-5,8-9,12,14H2,1H3,(H,27,33)(H,26,30,32)/t15-,19+,20+,21+,38?/m0/s1. The Kier molecular flexibility index (Phi) is 9.16. The van der Waals surface area contributed by atoms with Crippen molar-refractivity contribution in [2.24, 2.45) is 0 Å². The summed E-state index contributed by atoms with van der Waals surface area (Å²) in [6, 6.07) is 7.12. The number of aliphatic hydroxyl groups excluding tert-OH is 1. The second-order valence-corrected chi connectivity index (χ2v) is 11.0. The lowest BCUT2D eigenvalue weighted by Gasteiger charge is -2.27. The molecule has 0 amide bonds. The van der Waals surface area contributed by atoms with Gasteiger partial charge in [-0.25, -0.2) is 9.36 Å². The fourth-order valence-corrected chi connectivity index (χ4v) is 5.83. The zero-order valence-electron chi connectivity index (χ0n) is 20.8. The summed E-state index contributed by atoms with van der Waals surface area (Å²) in [6.07, 6.45) is 1.58. The first-order chi connectivity index (χ1) is 18.1. The van der Waals surface area contributed by atoms with Crippen LogP contribution >= 0.6 is 7.75 Å². The number of aromatic amines is 1. The molecule has 1 saturated carbocycles. The highest BCUT2D eigenvalue weighted by Gasteiger charge is 2.40. The minimum atomic E-state index is -4.22. The van der Waals surface area contributed by atoms with E-state index in [4.69, 9.17) is 18.5 Å². The summed E-state index contributed by atoms with van der Waals surface area (Å²) < 4.78 is 50.6. The van der Waals surface area contributed by atoms with Crippen LogP contribution in [0.1, 0.15) is 51.7 Å². The van der Waals surface area contributed by atoms with Crippen LogP contribution in [0, 0.1) is 5.82 Å². The highest BCUT2D eigenvalue weighted by molar-refractivity contribution is 7.52. The predicted octanol–water partition coefficient (Wildman–Crippen LogP) is 2.38. The number of hydrogen-bond donors (Lipinski definition) is 3. The van der Waals surface area contributed by atoms with Crippen molar-refractivity contribution in [3.05, 3.63) is 63.2 Å². The number of esters is 1. The summed E-state index contributed by atoms with van der Waals surface area (Å²) in [7, 11) is -4.22. The number of nitrogens with one attached hydrogen (secondary N) is 2. The normalized spacial score (nSPS) is 24.4. The molecule has 5 atom stereocenters. The number of aromatic nitrogens is 2. The Labute approximate surface area is 217 Å². The molecule has 2 aromatic rings. The average molecular weight is 555 g/mol. The van der Waals surface area contributed by atoms with Gasteiger partial charge in [-0.3, -0.25) is 23.7 Å². The number of carbonyl (C=O) groups is 1. The van der Waals surface area contributed by atoms with Gasteiger partial charge in [0.05, 0.1) is 18.9 Å². The van der Waals surface area contributed by atoms with Gasteiger partial charge in [-0.05, 0) is 44.7 Å². The SMILES string of the molecule is C[C@H](NP(=O)(OC[C@H]1O[C@@H](n2cc(F)c(=O)[nH]c2=O)C[C@H]1O)Oc1ccccc1)C(=O)OC1CCCCC1. The van der Waals surface area contributed by atoms with Gasteiger partial charge in [-0.2, -0.15) is 9.48 Å². The summed E-state index contributed by atoms with van der Waals surface area (Å²) in [5, 5.41) is 13.1.